The summed E-state index contributed by atoms with van der Waals surface area (Å²) in [6.45, 7) is 4.50. The SMILES string of the molecule is CC(=O)C1(O)C=CC=C(OCC=CCN2CCC(c3noc4cc(F)ccc34)CC2)C1. The second kappa shape index (κ2) is 9.16. The lowest BCUT2D eigenvalue weighted by molar-refractivity contribution is -0.131. The lowest BCUT2D eigenvalue weighted by Gasteiger charge is -2.30. The van der Waals surface area contributed by atoms with E-state index in [2.05, 4.69) is 16.1 Å². The number of hydrogen-bond acceptors (Lipinski definition) is 6. The molecule has 0 amide bonds. The van der Waals surface area contributed by atoms with Crippen LogP contribution in [-0.2, 0) is 9.53 Å². The van der Waals surface area contributed by atoms with E-state index in [-0.39, 0.29) is 18.0 Å². The Labute approximate surface area is 180 Å². The van der Waals surface area contributed by atoms with E-state index in [1.165, 1.54) is 25.1 Å². The minimum absolute atomic E-state index is 0.170. The Balaban J connectivity index is 1.21. The van der Waals surface area contributed by atoms with E-state index in [0.717, 1.165) is 43.6 Å². The second-order valence-corrected chi connectivity index (χ2v) is 8.21. The number of ketones is 1. The first kappa shape index (κ1) is 21.5. The van der Waals surface area contributed by atoms with Crippen LogP contribution in [0.2, 0.25) is 0 Å². The molecule has 164 valence electrons. The third kappa shape index (κ3) is 4.94. The van der Waals surface area contributed by atoms with Gasteiger partial charge in [0.25, 0.3) is 0 Å². The molecule has 0 bridgehead atoms. The van der Waals surface area contributed by atoms with Crippen molar-refractivity contribution in [2.75, 3.05) is 26.2 Å². The van der Waals surface area contributed by atoms with Crippen molar-refractivity contribution in [3.63, 3.8) is 0 Å². The quantitative estimate of drug-likeness (QED) is 0.677. The van der Waals surface area contributed by atoms with Crippen molar-refractivity contribution in [3.8, 4) is 0 Å². The van der Waals surface area contributed by atoms with Gasteiger partial charge in [-0.2, -0.15) is 0 Å². The van der Waals surface area contributed by atoms with Crippen LogP contribution in [0.1, 0.15) is 37.8 Å². The average Bonchev–Trinajstić information content (AvgIpc) is 3.17. The summed E-state index contributed by atoms with van der Waals surface area (Å²) in [5.41, 5.74) is -0.0221. The predicted octanol–water partition coefficient (Wildman–Crippen LogP) is 3.88. The molecule has 1 aliphatic heterocycles. The van der Waals surface area contributed by atoms with Crippen molar-refractivity contribution in [3.05, 3.63) is 65.8 Å². The Bertz CT molecular complexity index is 1030. The molecule has 2 aromatic rings. The molecule has 0 radical (unpaired) electrons. The third-order valence-corrected chi connectivity index (χ3v) is 6.04. The van der Waals surface area contributed by atoms with E-state index < -0.39 is 5.60 Å². The van der Waals surface area contributed by atoms with Gasteiger partial charge >= 0.3 is 0 Å². The van der Waals surface area contributed by atoms with Gasteiger partial charge in [-0.05, 0) is 57.1 Å². The highest BCUT2D eigenvalue weighted by molar-refractivity contribution is 5.87. The van der Waals surface area contributed by atoms with Gasteiger partial charge in [0.05, 0.1) is 5.69 Å². The number of likely N-dealkylation sites (tertiary alicyclic amines) is 1. The summed E-state index contributed by atoms with van der Waals surface area (Å²) in [4.78, 5) is 13.9. The fourth-order valence-electron chi connectivity index (χ4n) is 4.10. The van der Waals surface area contributed by atoms with Gasteiger partial charge in [-0.3, -0.25) is 9.69 Å². The number of allylic oxidation sites excluding steroid dienone is 2. The Morgan fingerprint density at radius 3 is 2.97 bits per heavy atom. The van der Waals surface area contributed by atoms with Crippen LogP contribution in [0.5, 0.6) is 0 Å². The van der Waals surface area contributed by atoms with E-state index in [1.54, 1.807) is 18.2 Å². The van der Waals surface area contributed by atoms with Crippen molar-refractivity contribution >= 4 is 16.8 Å². The van der Waals surface area contributed by atoms with Gasteiger partial charge in [-0.25, -0.2) is 4.39 Å². The molecule has 4 rings (SSSR count). The van der Waals surface area contributed by atoms with Crippen LogP contribution in [0.25, 0.3) is 11.0 Å². The summed E-state index contributed by atoms with van der Waals surface area (Å²) in [7, 11) is 0. The summed E-state index contributed by atoms with van der Waals surface area (Å²) < 4.78 is 24.3. The molecule has 1 fully saturated rings. The first-order chi connectivity index (χ1) is 14.9. The number of hydrogen-bond donors (Lipinski definition) is 1. The Kier molecular flexibility index (Phi) is 6.34. The molecule has 2 aliphatic rings. The number of piperidine rings is 1. The second-order valence-electron chi connectivity index (χ2n) is 8.21. The van der Waals surface area contributed by atoms with Crippen LogP contribution in [-0.4, -0.2) is 52.8 Å². The number of aliphatic hydroxyl groups is 1. The largest absolute Gasteiger partial charge is 0.494 e. The Hall–Kier alpha value is -2.77. The molecule has 1 unspecified atom stereocenters. The van der Waals surface area contributed by atoms with Crippen molar-refractivity contribution in [1.29, 1.82) is 0 Å². The Morgan fingerprint density at radius 2 is 2.19 bits per heavy atom. The van der Waals surface area contributed by atoms with Gasteiger partial charge in [0.15, 0.2) is 11.4 Å². The molecule has 0 saturated carbocycles. The topological polar surface area (TPSA) is 75.8 Å². The van der Waals surface area contributed by atoms with Gasteiger partial charge in [0.2, 0.25) is 0 Å². The number of nitrogens with zero attached hydrogens (tertiary/aromatic N) is 2. The predicted molar refractivity (Wildman–Crippen MR) is 115 cm³/mol. The molecule has 2 heterocycles. The standard InChI is InChI=1S/C24H27FN2O4/c1-17(28)24(29)10-4-5-20(16-24)30-14-3-2-11-27-12-8-18(9-13-27)23-21-7-6-19(25)15-22(21)31-26-23/h2-7,10,15,18,29H,8-9,11-14,16H2,1H3. The number of ether oxygens (including phenoxy) is 1. The van der Waals surface area contributed by atoms with Crippen LogP contribution in [0.15, 0.2) is 58.9 Å². The Morgan fingerprint density at radius 1 is 1.39 bits per heavy atom. The molecule has 6 nitrogen and oxygen atoms in total. The molecule has 1 saturated heterocycles. The van der Waals surface area contributed by atoms with Crippen LogP contribution < -0.4 is 0 Å². The maximum Gasteiger partial charge on any atom is 0.170 e. The summed E-state index contributed by atoms with van der Waals surface area (Å²) in [6, 6.07) is 4.58. The van der Waals surface area contributed by atoms with Gasteiger partial charge in [0.1, 0.15) is 23.8 Å². The van der Waals surface area contributed by atoms with E-state index in [1.807, 2.05) is 6.08 Å². The van der Waals surface area contributed by atoms with Crippen LogP contribution in [0, 0.1) is 5.82 Å². The summed E-state index contributed by atoms with van der Waals surface area (Å²) >= 11 is 0. The minimum Gasteiger partial charge on any atom is -0.494 e. The average molecular weight is 426 g/mol. The van der Waals surface area contributed by atoms with Gasteiger partial charge in [-0.15, -0.1) is 0 Å². The number of Topliss-reactive ketones (excluding diaryl/α,β-unsaturated/α-hetero) is 1. The van der Waals surface area contributed by atoms with Crippen LogP contribution >= 0.6 is 0 Å². The lowest BCUT2D eigenvalue weighted by Crippen LogP contribution is -2.36. The van der Waals surface area contributed by atoms with E-state index in [9.17, 15) is 14.3 Å². The first-order valence-corrected chi connectivity index (χ1v) is 10.6. The molecule has 1 aromatic carbocycles. The zero-order chi connectivity index (χ0) is 21.8. The molecule has 1 atom stereocenters. The highest BCUT2D eigenvalue weighted by atomic mass is 19.1. The fraction of sp³-hybridized carbons (Fsp3) is 0.417. The maximum absolute atomic E-state index is 13.3. The van der Waals surface area contributed by atoms with E-state index in [4.69, 9.17) is 9.26 Å². The molecular weight excluding hydrogens is 399 g/mol. The number of rotatable bonds is 7. The summed E-state index contributed by atoms with van der Waals surface area (Å²) in [6.07, 6.45) is 11.1. The van der Waals surface area contributed by atoms with Crippen LogP contribution in [0.3, 0.4) is 0 Å². The van der Waals surface area contributed by atoms with Gasteiger partial charge < -0.3 is 14.4 Å². The lowest BCUT2D eigenvalue weighted by atomic mass is 9.90. The minimum atomic E-state index is -1.46. The number of carbonyl (C=O) groups is 1. The highest BCUT2D eigenvalue weighted by Crippen LogP contribution is 2.32. The summed E-state index contributed by atoms with van der Waals surface area (Å²) in [5, 5.41) is 15.3. The number of aromatic nitrogens is 1. The number of fused-ring (bicyclic) bond motifs is 1. The van der Waals surface area contributed by atoms with Crippen molar-refractivity contribution in [1.82, 2.24) is 10.1 Å². The molecule has 0 spiro atoms. The smallest absolute Gasteiger partial charge is 0.170 e. The molecular formula is C24H27FN2O4. The molecule has 1 aromatic heterocycles. The van der Waals surface area contributed by atoms with E-state index in [0.29, 0.717) is 23.9 Å². The normalized spacial score (nSPS) is 22.9. The van der Waals surface area contributed by atoms with Crippen molar-refractivity contribution < 1.29 is 23.6 Å². The summed E-state index contributed by atoms with van der Waals surface area (Å²) in [5.74, 6) is 0.321. The third-order valence-electron chi connectivity index (χ3n) is 6.04. The van der Waals surface area contributed by atoms with Crippen molar-refractivity contribution in [2.24, 2.45) is 0 Å². The number of halogens is 1. The molecule has 7 heteroatoms. The fourth-order valence-corrected chi connectivity index (χ4v) is 4.10. The zero-order valence-corrected chi connectivity index (χ0v) is 17.6. The van der Waals surface area contributed by atoms with Gasteiger partial charge in [-0.1, -0.05) is 23.4 Å². The first-order valence-electron chi connectivity index (χ1n) is 10.6. The molecule has 1 N–H and O–H groups in total. The van der Waals surface area contributed by atoms with E-state index >= 15 is 0 Å². The molecule has 31 heavy (non-hydrogen) atoms. The number of benzene rings is 1. The number of carbonyl (C=O) groups excluding carboxylic acids is 1. The maximum atomic E-state index is 13.3. The molecule has 1 aliphatic carbocycles. The van der Waals surface area contributed by atoms with Gasteiger partial charge in [0, 0.05) is 30.3 Å². The highest BCUT2D eigenvalue weighted by Gasteiger charge is 2.32. The van der Waals surface area contributed by atoms with Crippen molar-refractivity contribution in [2.45, 2.75) is 37.7 Å². The van der Waals surface area contributed by atoms with Crippen LogP contribution in [0.4, 0.5) is 4.39 Å². The monoisotopic (exact) mass is 426 g/mol. The zero-order valence-electron chi connectivity index (χ0n) is 17.6.